The lowest BCUT2D eigenvalue weighted by molar-refractivity contribution is 0.0572. The lowest BCUT2D eigenvalue weighted by Gasteiger charge is -2.17. The lowest BCUT2D eigenvalue weighted by Crippen LogP contribution is -2.33. The van der Waals surface area contributed by atoms with Crippen LogP contribution in [-0.2, 0) is 0 Å². The molecular formula is C15H16N2O3. The summed E-state index contributed by atoms with van der Waals surface area (Å²) in [5.41, 5.74) is 0.726. The summed E-state index contributed by atoms with van der Waals surface area (Å²) in [5, 5.41) is 23.8. The minimum atomic E-state index is -0.867. The predicted molar refractivity (Wildman–Crippen MR) is 76.6 cm³/mol. The van der Waals surface area contributed by atoms with Crippen molar-refractivity contribution in [3.8, 4) is 0 Å². The number of aliphatic hydroxyl groups is 2. The number of carbonyl (C=O) groups is 1. The van der Waals surface area contributed by atoms with E-state index in [0.717, 1.165) is 16.5 Å². The molecule has 1 heterocycles. The molecule has 0 saturated carbocycles. The van der Waals surface area contributed by atoms with Gasteiger partial charge < -0.3 is 20.4 Å². The van der Waals surface area contributed by atoms with Gasteiger partial charge in [-0.15, -0.1) is 0 Å². The van der Waals surface area contributed by atoms with Crippen molar-refractivity contribution >= 4 is 22.5 Å². The van der Waals surface area contributed by atoms with Crippen molar-refractivity contribution in [1.29, 1.82) is 0 Å². The van der Waals surface area contributed by atoms with Crippen LogP contribution in [0.25, 0.3) is 10.8 Å². The SMILES string of the molecule is O=C(Nc1cccc2ccccc12)N1C[C@@H](O)[C@@H](O)C1. The van der Waals surface area contributed by atoms with E-state index >= 15 is 0 Å². The summed E-state index contributed by atoms with van der Waals surface area (Å²) < 4.78 is 0. The van der Waals surface area contributed by atoms with Crippen LogP contribution in [0, 0.1) is 0 Å². The Morgan fingerprint density at radius 2 is 1.70 bits per heavy atom. The van der Waals surface area contributed by atoms with Gasteiger partial charge in [0.05, 0.1) is 31.0 Å². The molecule has 0 bridgehead atoms. The van der Waals surface area contributed by atoms with Crippen LogP contribution in [0.2, 0.25) is 0 Å². The second-order valence-electron chi connectivity index (χ2n) is 5.00. The largest absolute Gasteiger partial charge is 0.388 e. The zero-order valence-electron chi connectivity index (χ0n) is 10.9. The molecule has 3 N–H and O–H groups in total. The van der Waals surface area contributed by atoms with E-state index in [4.69, 9.17) is 0 Å². The molecular weight excluding hydrogens is 256 g/mol. The van der Waals surface area contributed by atoms with Crippen LogP contribution in [0.3, 0.4) is 0 Å². The van der Waals surface area contributed by atoms with Crippen molar-refractivity contribution in [1.82, 2.24) is 4.90 Å². The van der Waals surface area contributed by atoms with E-state index in [0.29, 0.717) is 0 Å². The van der Waals surface area contributed by atoms with Crippen molar-refractivity contribution < 1.29 is 15.0 Å². The number of hydrogen-bond acceptors (Lipinski definition) is 3. The fraction of sp³-hybridized carbons (Fsp3) is 0.267. The van der Waals surface area contributed by atoms with Gasteiger partial charge in [0.2, 0.25) is 0 Å². The van der Waals surface area contributed by atoms with Gasteiger partial charge in [0.1, 0.15) is 0 Å². The third-order valence-corrected chi connectivity index (χ3v) is 3.58. The molecule has 0 aliphatic carbocycles. The van der Waals surface area contributed by atoms with Crippen LogP contribution in [0.5, 0.6) is 0 Å². The van der Waals surface area contributed by atoms with Crippen LogP contribution in [0.4, 0.5) is 10.5 Å². The van der Waals surface area contributed by atoms with E-state index in [2.05, 4.69) is 5.32 Å². The Balaban J connectivity index is 1.81. The molecule has 0 radical (unpaired) electrons. The Labute approximate surface area is 116 Å². The van der Waals surface area contributed by atoms with Crippen molar-refractivity contribution in [2.24, 2.45) is 0 Å². The van der Waals surface area contributed by atoms with Crippen molar-refractivity contribution in [3.63, 3.8) is 0 Å². The average molecular weight is 272 g/mol. The maximum absolute atomic E-state index is 12.1. The van der Waals surface area contributed by atoms with Crippen LogP contribution in [0.15, 0.2) is 42.5 Å². The minimum absolute atomic E-state index is 0.151. The Morgan fingerprint density at radius 3 is 2.45 bits per heavy atom. The average Bonchev–Trinajstić information content (AvgIpc) is 2.79. The molecule has 5 nitrogen and oxygen atoms in total. The molecule has 2 amide bonds. The monoisotopic (exact) mass is 272 g/mol. The number of carbonyl (C=O) groups excluding carboxylic acids is 1. The van der Waals surface area contributed by atoms with Crippen LogP contribution < -0.4 is 5.32 Å². The first-order valence-electron chi connectivity index (χ1n) is 6.55. The molecule has 1 aliphatic heterocycles. The van der Waals surface area contributed by atoms with Gasteiger partial charge in [-0.05, 0) is 11.5 Å². The Bertz CT molecular complexity index is 629. The van der Waals surface area contributed by atoms with Crippen molar-refractivity contribution in [2.75, 3.05) is 18.4 Å². The van der Waals surface area contributed by atoms with Gasteiger partial charge in [-0.1, -0.05) is 36.4 Å². The number of β-amino-alcohol motifs (C(OH)–C–C–N with tert-alkyl or cyclic N) is 2. The van der Waals surface area contributed by atoms with Crippen LogP contribution in [0.1, 0.15) is 0 Å². The highest BCUT2D eigenvalue weighted by molar-refractivity contribution is 6.01. The van der Waals surface area contributed by atoms with Crippen LogP contribution in [-0.4, -0.2) is 46.4 Å². The number of rotatable bonds is 1. The first kappa shape index (κ1) is 12.9. The Kier molecular flexibility index (Phi) is 3.30. The number of amides is 2. The molecule has 1 aliphatic rings. The third kappa shape index (κ3) is 2.33. The summed E-state index contributed by atoms with van der Waals surface area (Å²) in [4.78, 5) is 13.6. The second kappa shape index (κ2) is 5.11. The van der Waals surface area contributed by atoms with Crippen molar-refractivity contribution in [3.05, 3.63) is 42.5 Å². The van der Waals surface area contributed by atoms with E-state index in [1.807, 2.05) is 42.5 Å². The summed E-state index contributed by atoms with van der Waals surface area (Å²) >= 11 is 0. The summed E-state index contributed by atoms with van der Waals surface area (Å²) in [7, 11) is 0. The fourth-order valence-corrected chi connectivity index (χ4v) is 2.46. The highest BCUT2D eigenvalue weighted by Gasteiger charge is 2.32. The molecule has 5 heteroatoms. The van der Waals surface area contributed by atoms with Gasteiger partial charge >= 0.3 is 6.03 Å². The summed E-state index contributed by atoms with van der Waals surface area (Å²) in [6, 6.07) is 13.2. The molecule has 1 saturated heterocycles. The molecule has 2 atom stereocenters. The number of fused-ring (bicyclic) bond motifs is 1. The number of nitrogens with zero attached hydrogens (tertiary/aromatic N) is 1. The summed E-state index contributed by atoms with van der Waals surface area (Å²) in [6.07, 6.45) is -1.73. The topological polar surface area (TPSA) is 72.8 Å². The van der Waals surface area contributed by atoms with E-state index in [9.17, 15) is 15.0 Å². The molecule has 2 aromatic carbocycles. The van der Waals surface area contributed by atoms with Crippen LogP contribution >= 0.6 is 0 Å². The van der Waals surface area contributed by atoms with E-state index in [1.54, 1.807) is 0 Å². The normalized spacial score (nSPS) is 22.2. The van der Waals surface area contributed by atoms with Gasteiger partial charge in [0.25, 0.3) is 0 Å². The smallest absolute Gasteiger partial charge is 0.322 e. The maximum Gasteiger partial charge on any atom is 0.322 e. The summed E-state index contributed by atoms with van der Waals surface area (Å²) in [5.74, 6) is 0. The van der Waals surface area contributed by atoms with Gasteiger partial charge in [0.15, 0.2) is 0 Å². The predicted octanol–water partition coefficient (Wildman–Crippen LogP) is 1.41. The number of hydrogen-bond donors (Lipinski definition) is 3. The molecule has 0 aromatic heterocycles. The highest BCUT2D eigenvalue weighted by Crippen LogP contribution is 2.23. The third-order valence-electron chi connectivity index (χ3n) is 3.58. The number of nitrogens with one attached hydrogen (secondary N) is 1. The molecule has 3 rings (SSSR count). The Hall–Kier alpha value is -2.11. The highest BCUT2D eigenvalue weighted by atomic mass is 16.3. The first-order valence-corrected chi connectivity index (χ1v) is 6.55. The van der Waals surface area contributed by atoms with Gasteiger partial charge in [0, 0.05) is 5.39 Å². The number of aliphatic hydroxyl groups excluding tert-OH is 2. The number of anilines is 1. The fourth-order valence-electron chi connectivity index (χ4n) is 2.46. The van der Waals surface area contributed by atoms with Gasteiger partial charge in [-0.2, -0.15) is 0 Å². The number of urea groups is 1. The molecule has 104 valence electrons. The number of benzene rings is 2. The molecule has 20 heavy (non-hydrogen) atoms. The maximum atomic E-state index is 12.1. The second-order valence-corrected chi connectivity index (χ2v) is 5.00. The Morgan fingerprint density at radius 1 is 1.05 bits per heavy atom. The standard InChI is InChI=1S/C15H16N2O3/c18-13-8-17(9-14(13)19)15(20)16-12-7-3-5-10-4-1-2-6-11(10)12/h1-7,13-14,18-19H,8-9H2,(H,16,20)/t13-,14+. The van der Waals surface area contributed by atoms with Gasteiger partial charge in [-0.3, -0.25) is 0 Å². The zero-order valence-corrected chi connectivity index (χ0v) is 10.9. The molecule has 2 aromatic rings. The minimum Gasteiger partial charge on any atom is -0.388 e. The first-order chi connectivity index (χ1) is 9.65. The molecule has 0 unspecified atom stereocenters. The van der Waals surface area contributed by atoms with E-state index < -0.39 is 12.2 Å². The summed E-state index contributed by atoms with van der Waals surface area (Å²) in [6.45, 7) is 0.301. The number of likely N-dealkylation sites (tertiary alicyclic amines) is 1. The van der Waals surface area contributed by atoms with E-state index in [-0.39, 0.29) is 19.1 Å². The quantitative estimate of drug-likeness (QED) is 0.735. The molecule has 0 spiro atoms. The van der Waals surface area contributed by atoms with Gasteiger partial charge in [-0.25, -0.2) is 4.79 Å². The zero-order chi connectivity index (χ0) is 14.1. The van der Waals surface area contributed by atoms with Crippen molar-refractivity contribution in [2.45, 2.75) is 12.2 Å². The molecule has 1 fully saturated rings. The van der Waals surface area contributed by atoms with E-state index in [1.165, 1.54) is 4.90 Å². The lowest BCUT2D eigenvalue weighted by atomic mass is 10.1.